The second-order valence-electron chi connectivity index (χ2n) is 8.03. The molecule has 1 amide bonds. The van der Waals surface area contributed by atoms with E-state index in [1.54, 1.807) is 24.4 Å². The van der Waals surface area contributed by atoms with Crippen LogP contribution in [0, 0.1) is 0 Å². The number of benzene rings is 1. The Kier molecular flexibility index (Phi) is 9.14. The van der Waals surface area contributed by atoms with Crippen molar-refractivity contribution in [2.45, 2.75) is 52.6 Å². The molecule has 0 atom stereocenters. The van der Waals surface area contributed by atoms with Gasteiger partial charge in [0.15, 0.2) is 10.7 Å². The van der Waals surface area contributed by atoms with Gasteiger partial charge in [-0.25, -0.2) is 4.98 Å². The van der Waals surface area contributed by atoms with Crippen LogP contribution in [0.5, 0.6) is 5.75 Å². The van der Waals surface area contributed by atoms with Crippen LogP contribution in [0.1, 0.15) is 60.5 Å². The molecule has 2 aromatic heterocycles. The minimum Gasteiger partial charge on any atom is -0.501 e. The van der Waals surface area contributed by atoms with Crippen molar-refractivity contribution in [1.29, 1.82) is 0 Å². The molecule has 0 unspecified atom stereocenters. The number of rotatable bonds is 11. The second kappa shape index (κ2) is 11.8. The van der Waals surface area contributed by atoms with E-state index in [9.17, 15) is 14.7 Å². The van der Waals surface area contributed by atoms with Crippen molar-refractivity contribution in [2.24, 2.45) is 0 Å². The van der Waals surface area contributed by atoms with Gasteiger partial charge in [-0.2, -0.15) is 0 Å². The first-order valence-electron chi connectivity index (χ1n) is 11.1. The van der Waals surface area contributed by atoms with Gasteiger partial charge in [0.25, 0.3) is 5.91 Å². The highest BCUT2D eigenvalue weighted by molar-refractivity contribution is 7.17. The minimum absolute atomic E-state index is 0.152. The van der Waals surface area contributed by atoms with Crippen molar-refractivity contribution in [1.82, 2.24) is 14.7 Å². The molecule has 7 nitrogen and oxygen atoms in total. The maximum absolute atomic E-state index is 12.7. The summed E-state index contributed by atoms with van der Waals surface area (Å²) >= 11 is 13.3. The van der Waals surface area contributed by atoms with Gasteiger partial charge in [0.1, 0.15) is 6.54 Å². The molecular formula is C23H29Cl2N4O3S+. The summed E-state index contributed by atoms with van der Waals surface area (Å²) < 4.78 is 1.32. The van der Waals surface area contributed by atoms with Gasteiger partial charge >= 0.3 is 5.56 Å². The molecule has 0 spiro atoms. The summed E-state index contributed by atoms with van der Waals surface area (Å²) in [5, 5.41) is 13.8. The van der Waals surface area contributed by atoms with E-state index in [1.807, 2.05) is 0 Å². The highest BCUT2D eigenvalue weighted by atomic mass is 35.5. The summed E-state index contributed by atoms with van der Waals surface area (Å²) in [6.07, 6.45) is 6.29. The summed E-state index contributed by atoms with van der Waals surface area (Å²) in [6.45, 7) is 7.43. The van der Waals surface area contributed by atoms with Crippen molar-refractivity contribution in [3.05, 3.63) is 60.9 Å². The van der Waals surface area contributed by atoms with Crippen LogP contribution in [0.15, 0.2) is 29.2 Å². The monoisotopic (exact) mass is 511 g/mol. The van der Waals surface area contributed by atoms with E-state index in [-0.39, 0.29) is 12.2 Å². The number of hydrogen-bond acceptors (Lipinski definition) is 5. The van der Waals surface area contributed by atoms with E-state index in [2.05, 4.69) is 24.1 Å². The van der Waals surface area contributed by atoms with E-state index >= 15 is 0 Å². The Morgan fingerprint density at radius 1 is 1.18 bits per heavy atom. The van der Waals surface area contributed by atoms with Crippen LogP contribution in [-0.2, 0) is 13.1 Å². The molecule has 178 valence electrons. The molecule has 3 N–H and O–H groups in total. The van der Waals surface area contributed by atoms with Gasteiger partial charge in [-0.3, -0.25) is 14.0 Å². The maximum Gasteiger partial charge on any atom is 0.301 e. The number of fused-ring (bicyclic) bond motifs is 1. The Morgan fingerprint density at radius 2 is 1.88 bits per heavy atom. The lowest BCUT2D eigenvalue weighted by Gasteiger charge is -2.18. The summed E-state index contributed by atoms with van der Waals surface area (Å²) in [5.41, 5.74) is -0.198. The number of aromatic hydroxyl groups is 1. The molecule has 0 saturated carbocycles. The Morgan fingerprint density at radius 3 is 2.52 bits per heavy atom. The van der Waals surface area contributed by atoms with Gasteiger partial charge in [-0.15, -0.1) is 0 Å². The van der Waals surface area contributed by atoms with Crippen LogP contribution >= 0.6 is 34.5 Å². The quantitative estimate of drug-likeness (QED) is 0.366. The maximum atomic E-state index is 12.7. The topological polar surface area (TPSA) is 88.1 Å². The van der Waals surface area contributed by atoms with Gasteiger partial charge < -0.3 is 15.3 Å². The van der Waals surface area contributed by atoms with Crippen LogP contribution in [-0.4, -0.2) is 33.5 Å². The van der Waals surface area contributed by atoms with Gasteiger partial charge in [0.05, 0.1) is 28.0 Å². The Hall–Kier alpha value is -2.13. The standard InChI is InChI=1S/C23H28Cl2N4O3S/c1-3-5-9-28(10-6-4-2)13-16-14-29-22(32)20(30)19(27-23(29)33-16)21(31)26-12-15-7-8-17(24)18(25)11-15/h7-8,11,14,30H,3-6,9-10,12-13H2,1-2H3,(H,26,31)/p+1. The van der Waals surface area contributed by atoms with Gasteiger partial charge in [-0.1, -0.05) is 67.3 Å². The number of carbonyl (C=O) groups is 1. The highest BCUT2D eigenvalue weighted by Gasteiger charge is 2.21. The number of nitrogens with zero attached hydrogens (tertiary/aromatic N) is 2. The lowest BCUT2D eigenvalue weighted by atomic mass is 10.2. The number of unbranched alkanes of at least 4 members (excludes halogenated alkanes) is 2. The molecule has 1 aromatic carbocycles. The SMILES string of the molecule is CCCC[NH+](CCCC)Cc1cn2c(=O)c(O)c(C(=O)NCc3ccc(Cl)c(Cl)c3)nc2s1. The van der Waals surface area contributed by atoms with Crippen LogP contribution in [0.25, 0.3) is 4.96 Å². The predicted octanol–water partition coefficient (Wildman–Crippen LogP) is 3.68. The van der Waals surface area contributed by atoms with Crippen LogP contribution in [0.3, 0.4) is 0 Å². The average molecular weight is 512 g/mol. The summed E-state index contributed by atoms with van der Waals surface area (Å²) in [4.78, 5) is 32.5. The summed E-state index contributed by atoms with van der Waals surface area (Å²) in [5.74, 6) is -1.30. The second-order valence-corrected chi connectivity index (χ2v) is 9.94. The first-order valence-corrected chi connectivity index (χ1v) is 12.7. The fraction of sp³-hybridized carbons (Fsp3) is 0.435. The zero-order valence-corrected chi connectivity index (χ0v) is 21.1. The number of nitrogens with one attached hydrogen (secondary N) is 2. The number of amides is 1. The fourth-order valence-electron chi connectivity index (χ4n) is 3.54. The smallest absolute Gasteiger partial charge is 0.301 e. The van der Waals surface area contributed by atoms with E-state index in [1.165, 1.54) is 20.6 Å². The highest BCUT2D eigenvalue weighted by Crippen LogP contribution is 2.23. The van der Waals surface area contributed by atoms with Crippen molar-refractivity contribution < 1.29 is 14.8 Å². The molecular weight excluding hydrogens is 483 g/mol. The predicted molar refractivity (Wildman–Crippen MR) is 133 cm³/mol. The van der Waals surface area contributed by atoms with Crippen LogP contribution < -0.4 is 15.8 Å². The number of hydrogen-bond donors (Lipinski definition) is 3. The van der Waals surface area contributed by atoms with Crippen molar-refractivity contribution in [3.8, 4) is 5.75 Å². The van der Waals surface area contributed by atoms with Gasteiger partial charge in [-0.05, 0) is 30.5 Å². The fourth-order valence-corrected chi connectivity index (χ4v) is 4.90. The molecule has 0 fully saturated rings. The van der Waals surface area contributed by atoms with Crippen LogP contribution in [0.2, 0.25) is 10.0 Å². The first kappa shape index (κ1) is 25.5. The summed E-state index contributed by atoms with van der Waals surface area (Å²) in [7, 11) is 0. The molecule has 3 aromatic rings. The molecule has 10 heteroatoms. The lowest BCUT2D eigenvalue weighted by Crippen LogP contribution is -3.10. The molecule has 0 aliphatic rings. The third kappa shape index (κ3) is 6.47. The molecule has 0 bridgehead atoms. The number of halogens is 2. The number of quaternary nitrogens is 1. The Labute approximate surface area is 207 Å². The normalized spacial score (nSPS) is 11.4. The number of thiazole rings is 1. The molecule has 3 rings (SSSR count). The zero-order chi connectivity index (χ0) is 24.0. The third-order valence-electron chi connectivity index (χ3n) is 5.40. The van der Waals surface area contributed by atoms with Gasteiger partial charge in [0, 0.05) is 12.7 Å². The molecule has 2 heterocycles. The summed E-state index contributed by atoms with van der Waals surface area (Å²) in [6, 6.07) is 5.02. The van der Waals surface area contributed by atoms with Gasteiger partial charge in [0.2, 0.25) is 5.75 Å². The van der Waals surface area contributed by atoms with Crippen LogP contribution in [0.4, 0.5) is 0 Å². The van der Waals surface area contributed by atoms with Crippen molar-refractivity contribution in [2.75, 3.05) is 13.1 Å². The molecule has 0 aliphatic heterocycles. The average Bonchev–Trinajstić information content (AvgIpc) is 3.21. The van der Waals surface area contributed by atoms with Crippen molar-refractivity contribution >= 4 is 45.4 Å². The number of aromatic nitrogens is 2. The largest absolute Gasteiger partial charge is 0.501 e. The number of carbonyl (C=O) groups excluding carboxylic acids is 1. The molecule has 0 radical (unpaired) electrons. The van der Waals surface area contributed by atoms with E-state index in [4.69, 9.17) is 23.2 Å². The zero-order valence-electron chi connectivity index (χ0n) is 18.8. The Balaban J connectivity index is 1.79. The van der Waals surface area contributed by atoms with E-state index in [0.29, 0.717) is 15.0 Å². The minimum atomic E-state index is -0.662. The lowest BCUT2D eigenvalue weighted by molar-refractivity contribution is -0.914. The van der Waals surface area contributed by atoms with E-state index < -0.39 is 17.2 Å². The Bertz CT molecular complexity index is 1170. The first-order chi connectivity index (χ1) is 15.8. The third-order valence-corrected chi connectivity index (χ3v) is 7.12. The molecule has 33 heavy (non-hydrogen) atoms. The molecule has 0 aliphatic carbocycles. The van der Waals surface area contributed by atoms with E-state index in [0.717, 1.165) is 55.8 Å². The van der Waals surface area contributed by atoms with Crippen molar-refractivity contribution in [3.63, 3.8) is 0 Å². The molecule has 0 saturated heterocycles.